The Kier molecular flexibility index (Phi) is 3.87. The van der Waals surface area contributed by atoms with Crippen molar-refractivity contribution >= 4 is 37.9 Å². The maximum absolute atomic E-state index is 12.1. The van der Waals surface area contributed by atoms with Crippen molar-refractivity contribution < 1.29 is 18.6 Å². The first-order valence-electron chi connectivity index (χ1n) is 5.21. The van der Waals surface area contributed by atoms with E-state index in [-0.39, 0.29) is 16.7 Å². The van der Waals surface area contributed by atoms with Crippen LogP contribution in [-0.2, 0) is 10.0 Å². The number of nitrogens with zero attached hydrogens (tertiary/aromatic N) is 2. The van der Waals surface area contributed by atoms with E-state index in [2.05, 4.69) is 9.71 Å². The van der Waals surface area contributed by atoms with Crippen LogP contribution in [0, 0.1) is 0 Å². The van der Waals surface area contributed by atoms with Crippen LogP contribution in [0.5, 0.6) is 0 Å². The molecule has 0 bridgehead atoms. The van der Waals surface area contributed by atoms with Crippen LogP contribution in [0.1, 0.15) is 6.92 Å². The molecule has 0 aliphatic heterocycles. The van der Waals surface area contributed by atoms with Crippen molar-refractivity contribution in [3.63, 3.8) is 0 Å². The number of halogens is 1. The van der Waals surface area contributed by atoms with Crippen LogP contribution < -0.4 is 4.72 Å². The van der Waals surface area contributed by atoms with Crippen molar-refractivity contribution in [2.45, 2.75) is 17.6 Å². The Balaban J connectivity index is 2.34. The van der Waals surface area contributed by atoms with E-state index in [1.165, 1.54) is 28.9 Å². The van der Waals surface area contributed by atoms with Gasteiger partial charge in [-0.3, -0.25) is 4.40 Å². The number of sulfonamides is 1. The minimum Gasteiger partial charge on any atom is -0.393 e. The van der Waals surface area contributed by atoms with E-state index in [0.717, 1.165) is 0 Å². The number of aliphatic hydroxyl groups is 2. The number of hydrogen-bond donors (Lipinski definition) is 3. The monoisotopic (exact) mass is 325 g/mol. The van der Waals surface area contributed by atoms with E-state index in [4.69, 9.17) is 16.7 Å². The van der Waals surface area contributed by atoms with Gasteiger partial charge in [0.25, 0.3) is 10.0 Å². The zero-order valence-corrected chi connectivity index (χ0v) is 12.3. The zero-order chi connectivity index (χ0) is 14.3. The van der Waals surface area contributed by atoms with E-state index in [0.29, 0.717) is 4.96 Å². The Morgan fingerprint density at radius 1 is 1.63 bits per heavy atom. The second-order valence-electron chi connectivity index (χ2n) is 4.24. The number of nitrogens with one attached hydrogen (secondary N) is 1. The number of aliphatic hydroxyl groups excluding tert-OH is 1. The summed E-state index contributed by atoms with van der Waals surface area (Å²) in [6.45, 7) is 0.413. The van der Waals surface area contributed by atoms with Gasteiger partial charge in [-0.15, -0.1) is 11.3 Å². The minimum atomic E-state index is -3.93. The van der Waals surface area contributed by atoms with E-state index in [1.54, 1.807) is 5.38 Å². The summed E-state index contributed by atoms with van der Waals surface area (Å²) in [5, 5.41) is 19.8. The molecule has 7 nitrogen and oxygen atoms in total. The third-order valence-corrected chi connectivity index (χ3v) is 4.97. The average Bonchev–Trinajstić information content (AvgIpc) is 2.86. The lowest BCUT2D eigenvalue weighted by molar-refractivity contribution is 0.00680. The minimum absolute atomic E-state index is 0.136. The Bertz CT molecular complexity index is 691. The number of hydrogen-bond acceptors (Lipinski definition) is 6. The summed E-state index contributed by atoms with van der Waals surface area (Å²) < 4.78 is 27.8. The molecule has 2 aromatic rings. The van der Waals surface area contributed by atoms with Gasteiger partial charge in [-0.2, -0.15) is 0 Å². The molecule has 2 aromatic heterocycles. The van der Waals surface area contributed by atoms with E-state index >= 15 is 0 Å². The van der Waals surface area contributed by atoms with Crippen molar-refractivity contribution in [2.24, 2.45) is 0 Å². The third-order valence-electron chi connectivity index (χ3n) is 2.42. The molecular formula is C9H12ClN3O4S2. The molecule has 0 saturated heterocycles. The zero-order valence-electron chi connectivity index (χ0n) is 9.87. The SMILES string of the molecule is CC(O)(CO)CNS(=O)(=O)c1c(Cl)nc2sccn12. The van der Waals surface area contributed by atoms with Gasteiger partial charge in [0.1, 0.15) is 0 Å². The maximum Gasteiger partial charge on any atom is 0.259 e. The van der Waals surface area contributed by atoms with Crippen LogP contribution in [0.15, 0.2) is 16.6 Å². The predicted molar refractivity (Wildman–Crippen MR) is 71.0 cm³/mol. The molecule has 0 saturated carbocycles. The second kappa shape index (κ2) is 5.00. The summed E-state index contributed by atoms with van der Waals surface area (Å²) in [5.41, 5.74) is -1.54. The van der Waals surface area contributed by atoms with Gasteiger partial charge in [-0.1, -0.05) is 11.6 Å². The Labute approximate surface area is 118 Å². The molecule has 0 aliphatic rings. The quantitative estimate of drug-likeness (QED) is 0.721. The fourth-order valence-corrected chi connectivity index (χ4v) is 3.96. The van der Waals surface area contributed by atoms with Crippen LogP contribution >= 0.6 is 22.9 Å². The smallest absolute Gasteiger partial charge is 0.259 e. The molecule has 2 rings (SSSR count). The van der Waals surface area contributed by atoms with E-state index < -0.39 is 22.2 Å². The van der Waals surface area contributed by atoms with Gasteiger partial charge in [-0.05, 0) is 6.92 Å². The topological polar surface area (TPSA) is 104 Å². The molecule has 1 unspecified atom stereocenters. The Morgan fingerprint density at radius 3 is 2.95 bits per heavy atom. The Morgan fingerprint density at radius 2 is 2.32 bits per heavy atom. The van der Waals surface area contributed by atoms with Crippen LogP contribution in [0.2, 0.25) is 5.15 Å². The van der Waals surface area contributed by atoms with Crippen molar-refractivity contribution in [1.29, 1.82) is 0 Å². The molecule has 2 heterocycles. The summed E-state index contributed by atoms with van der Waals surface area (Å²) in [6.07, 6.45) is 1.54. The third kappa shape index (κ3) is 2.91. The molecule has 3 N–H and O–H groups in total. The average molecular weight is 326 g/mol. The van der Waals surface area contributed by atoms with Crippen LogP contribution in [-0.4, -0.2) is 46.8 Å². The lowest BCUT2D eigenvalue weighted by atomic mass is 10.1. The van der Waals surface area contributed by atoms with E-state index in [1.807, 2.05) is 0 Å². The first-order chi connectivity index (χ1) is 8.77. The highest BCUT2D eigenvalue weighted by atomic mass is 35.5. The number of thiazole rings is 1. The van der Waals surface area contributed by atoms with Gasteiger partial charge in [0.05, 0.1) is 12.2 Å². The first kappa shape index (κ1) is 14.7. The molecule has 0 fully saturated rings. The molecule has 0 amide bonds. The fraction of sp³-hybridized carbons (Fsp3) is 0.444. The molecule has 19 heavy (non-hydrogen) atoms. The lowest BCUT2D eigenvalue weighted by Gasteiger charge is -2.20. The van der Waals surface area contributed by atoms with Crippen LogP contribution in [0.25, 0.3) is 4.96 Å². The highest BCUT2D eigenvalue weighted by molar-refractivity contribution is 7.89. The molecule has 0 aromatic carbocycles. The second-order valence-corrected chi connectivity index (χ2v) is 7.16. The molecule has 0 radical (unpaired) electrons. The van der Waals surface area contributed by atoms with Crippen molar-refractivity contribution in [2.75, 3.05) is 13.2 Å². The van der Waals surface area contributed by atoms with Gasteiger partial charge in [0.2, 0.25) is 0 Å². The summed E-state index contributed by atoms with van der Waals surface area (Å²) in [7, 11) is -3.93. The highest BCUT2D eigenvalue weighted by Crippen LogP contribution is 2.25. The normalized spacial score (nSPS) is 15.8. The molecule has 106 valence electrons. The molecule has 0 spiro atoms. The highest BCUT2D eigenvalue weighted by Gasteiger charge is 2.28. The predicted octanol–water partition coefficient (Wildman–Crippen LogP) is 0.0708. The van der Waals surface area contributed by atoms with Crippen LogP contribution in [0.3, 0.4) is 0 Å². The number of aromatic nitrogens is 2. The van der Waals surface area contributed by atoms with Gasteiger partial charge in [-0.25, -0.2) is 18.1 Å². The first-order valence-corrected chi connectivity index (χ1v) is 7.95. The summed E-state index contributed by atoms with van der Waals surface area (Å²) in [5.74, 6) is 0. The molecular weight excluding hydrogens is 314 g/mol. The number of fused-ring (bicyclic) bond motifs is 1. The van der Waals surface area contributed by atoms with E-state index in [9.17, 15) is 13.5 Å². The van der Waals surface area contributed by atoms with Crippen LogP contribution in [0.4, 0.5) is 0 Å². The summed E-state index contributed by atoms with van der Waals surface area (Å²) >= 11 is 7.07. The van der Waals surface area contributed by atoms with Gasteiger partial charge < -0.3 is 10.2 Å². The van der Waals surface area contributed by atoms with Crippen molar-refractivity contribution in [3.05, 3.63) is 16.7 Å². The molecule has 1 atom stereocenters. The fourth-order valence-electron chi connectivity index (χ4n) is 1.35. The number of imidazole rings is 1. The summed E-state index contributed by atoms with van der Waals surface area (Å²) in [6, 6.07) is 0. The Hall–Kier alpha value is -0.710. The van der Waals surface area contributed by atoms with Gasteiger partial charge in [0.15, 0.2) is 15.1 Å². The van der Waals surface area contributed by atoms with Crippen molar-refractivity contribution in [1.82, 2.24) is 14.1 Å². The van der Waals surface area contributed by atoms with Gasteiger partial charge >= 0.3 is 0 Å². The summed E-state index contributed by atoms with van der Waals surface area (Å²) in [4.78, 5) is 4.38. The molecule has 0 aliphatic carbocycles. The maximum atomic E-state index is 12.1. The van der Waals surface area contributed by atoms with Gasteiger partial charge in [0, 0.05) is 18.1 Å². The van der Waals surface area contributed by atoms with Crippen molar-refractivity contribution in [3.8, 4) is 0 Å². The number of rotatable bonds is 5. The largest absolute Gasteiger partial charge is 0.393 e. The lowest BCUT2D eigenvalue weighted by Crippen LogP contribution is -2.43. The standard InChI is InChI=1S/C9H12ClN3O4S2/c1-9(15,5-14)4-11-19(16,17)7-6(10)12-8-13(7)2-3-18-8/h2-3,11,14-15H,4-5H2,1H3. The molecule has 10 heteroatoms.